The van der Waals surface area contributed by atoms with Crippen molar-refractivity contribution in [1.29, 1.82) is 5.26 Å². The predicted molar refractivity (Wildman–Crippen MR) is 107 cm³/mol. The van der Waals surface area contributed by atoms with Gasteiger partial charge in [-0.15, -0.1) is 0 Å². The molecular weight excluding hydrogens is 368 g/mol. The van der Waals surface area contributed by atoms with Crippen LogP contribution in [0.25, 0.3) is 11.5 Å². The van der Waals surface area contributed by atoms with E-state index in [1.807, 2.05) is 41.0 Å². The Morgan fingerprint density at radius 3 is 2.90 bits per heavy atom. The Bertz CT molecular complexity index is 1170. The second kappa shape index (κ2) is 6.82. The van der Waals surface area contributed by atoms with Gasteiger partial charge in [-0.2, -0.15) is 10.2 Å². The molecule has 146 valence electrons. The number of nitriles is 1. The molecule has 2 aromatic heterocycles. The number of pyridine rings is 1. The van der Waals surface area contributed by atoms with Crippen LogP contribution in [0.1, 0.15) is 23.7 Å². The molecular formula is C22H20N4O3. The topological polar surface area (TPSA) is 84.3 Å². The van der Waals surface area contributed by atoms with Crippen molar-refractivity contribution < 1.29 is 9.15 Å². The quantitative estimate of drug-likeness (QED) is 0.686. The lowest BCUT2D eigenvalue weighted by atomic mass is 9.83. The summed E-state index contributed by atoms with van der Waals surface area (Å²) < 4.78 is 13.2. The highest BCUT2D eigenvalue weighted by molar-refractivity contribution is 5.61. The third kappa shape index (κ3) is 2.97. The van der Waals surface area contributed by atoms with Gasteiger partial charge in [-0.05, 0) is 36.6 Å². The van der Waals surface area contributed by atoms with Crippen LogP contribution in [0.5, 0.6) is 5.75 Å². The highest BCUT2D eigenvalue weighted by Crippen LogP contribution is 2.39. The summed E-state index contributed by atoms with van der Waals surface area (Å²) in [6, 6.07) is 15.1. The standard InChI is InChI=1S/C22H20N4O3/c1-28-17-5-2-4-15(9-17)21-24-18(10-23)22(29-21)25-11-14-8-16(13-25)19-6-3-7-20(27)26(19)12-14/h2-7,9,14,16H,8,11-13H2,1H3/t14-,16+/m0/s1. The SMILES string of the molecule is COc1cccc(-c2nc(C#N)c(N3C[C@@H]4C[C@H](C3)c3cccc(=O)n3C4)o2)c1. The van der Waals surface area contributed by atoms with E-state index in [2.05, 4.69) is 16.0 Å². The zero-order valence-corrected chi connectivity index (χ0v) is 16.0. The third-order valence-corrected chi connectivity index (χ3v) is 5.80. The number of benzene rings is 1. The highest BCUT2D eigenvalue weighted by Gasteiger charge is 2.36. The number of nitrogens with zero attached hydrogens (tertiary/aromatic N) is 4. The number of aromatic nitrogens is 2. The number of methoxy groups -OCH3 is 1. The Hall–Kier alpha value is -3.53. The van der Waals surface area contributed by atoms with Gasteiger partial charge in [0.05, 0.1) is 7.11 Å². The fourth-order valence-electron chi connectivity index (χ4n) is 4.54. The van der Waals surface area contributed by atoms with E-state index in [0.717, 1.165) is 24.2 Å². The van der Waals surface area contributed by atoms with Gasteiger partial charge in [-0.3, -0.25) is 4.79 Å². The van der Waals surface area contributed by atoms with Crippen LogP contribution in [-0.4, -0.2) is 29.8 Å². The summed E-state index contributed by atoms with van der Waals surface area (Å²) in [6.45, 7) is 2.13. The summed E-state index contributed by atoms with van der Waals surface area (Å²) in [5.74, 6) is 2.18. The van der Waals surface area contributed by atoms with Crippen molar-refractivity contribution in [3.05, 3.63) is 64.2 Å². The number of piperidine rings is 1. The Morgan fingerprint density at radius 1 is 1.21 bits per heavy atom. The summed E-state index contributed by atoms with van der Waals surface area (Å²) in [4.78, 5) is 18.8. The number of rotatable bonds is 3. The van der Waals surface area contributed by atoms with Gasteiger partial charge in [0.2, 0.25) is 17.5 Å². The summed E-state index contributed by atoms with van der Waals surface area (Å²) >= 11 is 0. The molecule has 7 nitrogen and oxygen atoms in total. The molecule has 0 saturated carbocycles. The van der Waals surface area contributed by atoms with Gasteiger partial charge in [0, 0.05) is 42.9 Å². The summed E-state index contributed by atoms with van der Waals surface area (Å²) in [5, 5.41) is 9.64. The van der Waals surface area contributed by atoms with Crippen LogP contribution >= 0.6 is 0 Å². The molecule has 0 unspecified atom stereocenters. The van der Waals surface area contributed by atoms with Crippen molar-refractivity contribution in [2.24, 2.45) is 5.92 Å². The molecule has 1 saturated heterocycles. The van der Waals surface area contributed by atoms with E-state index in [4.69, 9.17) is 9.15 Å². The fraction of sp³-hybridized carbons (Fsp3) is 0.318. The minimum Gasteiger partial charge on any atom is -0.497 e. The van der Waals surface area contributed by atoms with Gasteiger partial charge in [-0.25, -0.2) is 0 Å². The molecule has 29 heavy (non-hydrogen) atoms. The first-order chi connectivity index (χ1) is 14.2. The number of ether oxygens (including phenoxy) is 1. The van der Waals surface area contributed by atoms with Crippen LogP contribution in [0.2, 0.25) is 0 Å². The Kier molecular flexibility index (Phi) is 4.13. The molecule has 2 aliphatic rings. The molecule has 5 rings (SSSR count). The van der Waals surface area contributed by atoms with E-state index in [1.54, 1.807) is 13.2 Å². The van der Waals surface area contributed by atoms with Crippen LogP contribution in [0.3, 0.4) is 0 Å². The van der Waals surface area contributed by atoms with Gasteiger partial charge in [0.15, 0.2) is 0 Å². The van der Waals surface area contributed by atoms with Crippen molar-refractivity contribution in [3.63, 3.8) is 0 Å². The zero-order valence-electron chi connectivity index (χ0n) is 16.0. The molecule has 1 aromatic carbocycles. The molecule has 0 radical (unpaired) electrons. The maximum atomic E-state index is 12.2. The molecule has 7 heteroatoms. The van der Waals surface area contributed by atoms with Gasteiger partial charge in [-0.1, -0.05) is 12.1 Å². The van der Waals surface area contributed by atoms with Crippen LogP contribution in [-0.2, 0) is 6.54 Å². The van der Waals surface area contributed by atoms with E-state index >= 15 is 0 Å². The average molecular weight is 388 g/mol. The molecule has 2 aliphatic heterocycles. The molecule has 3 aromatic rings. The zero-order chi connectivity index (χ0) is 20.0. The first kappa shape index (κ1) is 17.6. The van der Waals surface area contributed by atoms with E-state index in [1.165, 1.54) is 0 Å². The van der Waals surface area contributed by atoms with Crippen molar-refractivity contribution >= 4 is 5.88 Å². The maximum Gasteiger partial charge on any atom is 0.250 e. The third-order valence-electron chi connectivity index (χ3n) is 5.80. The highest BCUT2D eigenvalue weighted by atomic mass is 16.5. The van der Waals surface area contributed by atoms with Gasteiger partial charge in [0.25, 0.3) is 5.56 Å². The molecule has 0 N–H and O–H groups in total. The van der Waals surface area contributed by atoms with Crippen LogP contribution < -0.4 is 15.2 Å². The minimum absolute atomic E-state index is 0.0586. The van der Waals surface area contributed by atoms with Gasteiger partial charge < -0.3 is 18.6 Å². The second-order valence-electron chi connectivity index (χ2n) is 7.62. The molecule has 2 bridgehead atoms. The molecule has 0 amide bonds. The van der Waals surface area contributed by atoms with Gasteiger partial charge in [0.1, 0.15) is 11.8 Å². The molecule has 4 heterocycles. The average Bonchev–Trinajstić information content (AvgIpc) is 3.19. The number of fused-ring (bicyclic) bond motifs is 4. The smallest absolute Gasteiger partial charge is 0.250 e. The van der Waals surface area contributed by atoms with Crippen LogP contribution in [0.4, 0.5) is 5.88 Å². The van der Waals surface area contributed by atoms with E-state index in [-0.39, 0.29) is 17.2 Å². The van der Waals surface area contributed by atoms with E-state index < -0.39 is 0 Å². The molecule has 0 spiro atoms. The summed E-state index contributed by atoms with van der Waals surface area (Å²) in [5.41, 5.74) is 2.17. The van der Waals surface area contributed by atoms with Crippen molar-refractivity contribution in [2.45, 2.75) is 18.9 Å². The Labute approximate surface area is 167 Å². The van der Waals surface area contributed by atoms with Gasteiger partial charge >= 0.3 is 0 Å². The van der Waals surface area contributed by atoms with E-state index in [9.17, 15) is 10.1 Å². The number of anilines is 1. The number of oxazole rings is 1. The first-order valence-corrected chi connectivity index (χ1v) is 9.66. The normalized spacial score (nSPS) is 20.1. The lowest BCUT2D eigenvalue weighted by Gasteiger charge is -2.42. The summed E-state index contributed by atoms with van der Waals surface area (Å²) in [7, 11) is 1.61. The lowest BCUT2D eigenvalue weighted by Crippen LogP contribution is -2.47. The summed E-state index contributed by atoms with van der Waals surface area (Å²) in [6.07, 6.45) is 1.04. The van der Waals surface area contributed by atoms with Crippen LogP contribution in [0, 0.1) is 17.2 Å². The fourth-order valence-corrected chi connectivity index (χ4v) is 4.54. The van der Waals surface area contributed by atoms with E-state index in [0.29, 0.717) is 36.5 Å². The van der Waals surface area contributed by atoms with Crippen molar-refractivity contribution in [3.8, 4) is 23.3 Å². The Balaban J connectivity index is 1.50. The maximum absolute atomic E-state index is 12.2. The predicted octanol–water partition coefficient (Wildman–Crippen LogP) is 3.01. The van der Waals surface area contributed by atoms with Crippen molar-refractivity contribution in [2.75, 3.05) is 25.1 Å². The number of hydrogen-bond acceptors (Lipinski definition) is 6. The monoisotopic (exact) mass is 388 g/mol. The molecule has 2 atom stereocenters. The number of hydrogen-bond donors (Lipinski definition) is 0. The molecule has 1 fully saturated rings. The minimum atomic E-state index is 0.0586. The van der Waals surface area contributed by atoms with Crippen molar-refractivity contribution in [1.82, 2.24) is 9.55 Å². The largest absolute Gasteiger partial charge is 0.497 e. The molecule has 0 aliphatic carbocycles. The van der Waals surface area contributed by atoms with Crippen LogP contribution in [0.15, 0.2) is 51.7 Å². The lowest BCUT2D eigenvalue weighted by molar-refractivity contribution is 0.275. The second-order valence-corrected chi connectivity index (χ2v) is 7.62. The Morgan fingerprint density at radius 2 is 2.07 bits per heavy atom. The first-order valence-electron chi connectivity index (χ1n) is 9.66.